The SMILES string of the molecule is CCCCS(=O)(=O)Oc1ccc2c(Oc3ccc(OCCN4CCCC4)cc3)c(C3CCCC3)sc2c1. The van der Waals surface area contributed by atoms with E-state index < -0.39 is 10.1 Å². The minimum absolute atomic E-state index is 0.0334. The van der Waals surface area contributed by atoms with Crippen LogP contribution in [0.15, 0.2) is 42.5 Å². The van der Waals surface area contributed by atoms with Crippen LogP contribution >= 0.6 is 11.3 Å². The first-order valence-corrected chi connectivity index (χ1v) is 16.0. The normalized spacial score (nSPS) is 17.0. The van der Waals surface area contributed by atoms with Gasteiger partial charge in [-0.05, 0) is 93.6 Å². The number of unbranched alkanes of at least 4 members (excludes halogenated alkanes) is 1. The highest BCUT2D eigenvalue weighted by molar-refractivity contribution is 7.87. The first-order chi connectivity index (χ1) is 18.0. The number of hydrogen-bond donors (Lipinski definition) is 0. The van der Waals surface area contributed by atoms with Crippen molar-refractivity contribution in [1.29, 1.82) is 0 Å². The molecule has 6 nitrogen and oxygen atoms in total. The fraction of sp³-hybridized carbons (Fsp3) is 0.517. The molecule has 37 heavy (non-hydrogen) atoms. The molecule has 0 unspecified atom stereocenters. The number of hydrogen-bond acceptors (Lipinski definition) is 7. The van der Waals surface area contributed by atoms with Crippen LogP contribution in [0.4, 0.5) is 0 Å². The Morgan fingerprint density at radius 3 is 2.38 bits per heavy atom. The van der Waals surface area contributed by atoms with E-state index in [2.05, 4.69) is 4.90 Å². The predicted octanol–water partition coefficient (Wildman–Crippen LogP) is 7.33. The van der Waals surface area contributed by atoms with E-state index in [9.17, 15) is 8.42 Å². The maximum atomic E-state index is 12.3. The van der Waals surface area contributed by atoms with E-state index >= 15 is 0 Å². The number of benzene rings is 2. The number of thiophene rings is 1. The van der Waals surface area contributed by atoms with Crippen molar-refractivity contribution in [2.45, 2.75) is 64.2 Å². The minimum atomic E-state index is -3.59. The Morgan fingerprint density at radius 2 is 1.65 bits per heavy atom. The number of ether oxygens (including phenoxy) is 2. The van der Waals surface area contributed by atoms with Crippen LogP contribution in [0.3, 0.4) is 0 Å². The van der Waals surface area contributed by atoms with Crippen LogP contribution in [-0.2, 0) is 10.1 Å². The summed E-state index contributed by atoms with van der Waals surface area (Å²) in [4.78, 5) is 3.69. The van der Waals surface area contributed by atoms with Crippen LogP contribution in [-0.4, -0.2) is 45.3 Å². The first kappa shape index (κ1) is 26.3. The van der Waals surface area contributed by atoms with Gasteiger partial charge in [-0.25, -0.2) is 0 Å². The van der Waals surface area contributed by atoms with Crippen molar-refractivity contribution in [3.05, 3.63) is 47.3 Å². The topological polar surface area (TPSA) is 65.1 Å². The summed E-state index contributed by atoms with van der Waals surface area (Å²) in [7, 11) is -3.59. The zero-order valence-electron chi connectivity index (χ0n) is 21.6. The molecule has 2 heterocycles. The van der Waals surface area contributed by atoms with Gasteiger partial charge in [0.15, 0.2) is 0 Å². The van der Waals surface area contributed by atoms with Gasteiger partial charge in [0.05, 0.1) is 10.6 Å². The maximum absolute atomic E-state index is 12.3. The van der Waals surface area contributed by atoms with Crippen molar-refractivity contribution in [2.75, 3.05) is 32.0 Å². The van der Waals surface area contributed by atoms with Crippen LogP contribution < -0.4 is 13.7 Å². The molecule has 2 aliphatic rings. The van der Waals surface area contributed by atoms with Gasteiger partial charge in [-0.2, -0.15) is 8.42 Å². The summed E-state index contributed by atoms with van der Waals surface area (Å²) in [5, 5.41) is 0.996. The Labute approximate surface area is 224 Å². The molecule has 1 aliphatic heterocycles. The molecule has 1 aromatic heterocycles. The number of rotatable bonds is 12. The monoisotopic (exact) mass is 543 g/mol. The van der Waals surface area contributed by atoms with Crippen molar-refractivity contribution in [3.63, 3.8) is 0 Å². The Balaban J connectivity index is 1.32. The summed E-state index contributed by atoms with van der Waals surface area (Å²) in [6.07, 6.45) is 8.75. The third-order valence-corrected chi connectivity index (χ3v) is 9.79. The second-order valence-electron chi connectivity index (χ2n) is 10.1. The lowest BCUT2D eigenvalue weighted by Crippen LogP contribution is -2.25. The molecular weight excluding hydrogens is 506 g/mol. The highest BCUT2D eigenvalue weighted by Crippen LogP contribution is 2.49. The first-order valence-electron chi connectivity index (χ1n) is 13.6. The predicted molar refractivity (Wildman–Crippen MR) is 150 cm³/mol. The third kappa shape index (κ3) is 6.78. The Morgan fingerprint density at radius 1 is 0.946 bits per heavy atom. The van der Waals surface area contributed by atoms with E-state index in [1.165, 1.54) is 43.6 Å². The quantitative estimate of drug-likeness (QED) is 0.223. The van der Waals surface area contributed by atoms with E-state index in [0.717, 1.165) is 53.1 Å². The molecule has 200 valence electrons. The Kier molecular flexibility index (Phi) is 8.57. The smallest absolute Gasteiger partial charge is 0.309 e. The van der Waals surface area contributed by atoms with Gasteiger partial charge >= 0.3 is 10.1 Å². The molecular formula is C29H37NO5S2. The van der Waals surface area contributed by atoms with Gasteiger partial charge in [-0.1, -0.05) is 26.2 Å². The van der Waals surface area contributed by atoms with Crippen LogP contribution in [0.1, 0.15) is 69.1 Å². The molecule has 2 fully saturated rings. The number of likely N-dealkylation sites (tertiary alicyclic amines) is 1. The van der Waals surface area contributed by atoms with Crippen LogP contribution in [0, 0.1) is 0 Å². The Bertz CT molecular complexity index is 1270. The van der Waals surface area contributed by atoms with Gasteiger partial charge in [0.2, 0.25) is 0 Å². The highest BCUT2D eigenvalue weighted by atomic mass is 32.2. The summed E-state index contributed by atoms with van der Waals surface area (Å²) in [5.41, 5.74) is 0. The molecule has 1 saturated carbocycles. The largest absolute Gasteiger partial charge is 0.492 e. The van der Waals surface area contributed by atoms with Gasteiger partial charge in [0.25, 0.3) is 0 Å². The molecule has 1 saturated heterocycles. The fourth-order valence-corrected chi connectivity index (χ4v) is 7.67. The van der Waals surface area contributed by atoms with Crippen molar-refractivity contribution < 1.29 is 22.1 Å². The molecule has 0 bridgehead atoms. The second-order valence-corrected chi connectivity index (χ2v) is 12.9. The lowest BCUT2D eigenvalue weighted by Gasteiger charge is -2.15. The molecule has 2 aromatic carbocycles. The highest BCUT2D eigenvalue weighted by Gasteiger charge is 2.26. The Hall–Kier alpha value is -2.29. The number of nitrogens with zero attached hydrogens (tertiary/aromatic N) is 1. The molecule has 8 heteroatoms. The van der Waals surface area contributed by atoms with Crippen molar-refractivity contribution in [3.8, 4) is 23.0 Å². The van der Waals surface area contributed by atoms with Crippen molar-refractivity contribution >= 4 is 31.5 Å². The average molecular weight is 544 g/mol. The number of fused-ring (bicyclic) bond motifs is 1. The molecule has 3 aromatic rings. The average Bonchev–Trinajstić information content (AvgIpc) is 3.66. The van der Waals surface area contributed by atoms with E-state index in [4.69, 9.17) is 13.7 Å². The molecule has 5 rings (SSSR count). The van der Waals surface area contributed by atoms with Gasteiger partial charge in [0, 0.05) is 16.6 Å². The molecule has 0 radical (unpaired) electrons. The summed E-state index contributed by atoms with van der Waals surface area (Å²) >= 11 is 1.70. The third-order valence-electron chi connectivity index (χ3n) is 7.26. The van der Waals surface area contributed by atoms with E-state index in [-0.39, 0.29) is 5.75 Å². The van der Waals surface area contributed by atoms with Gasteiger partial charge < -0.3 is 13.7 Å². The van der Waals surface area contributed by atoms with E-state index in [1.807, 2.05) is 43.3 Å². The second kappa shape index (κ2) is 12.0. The van der Waals surface area contributed by atoms with E-state index in [1.54, 1.807) is 17.4 Å². The van der Waals surface area contributed by atoms with Crippen LogP contribution in [0.2, 0.25) is 0 Å². The molecule has 0 atom stereocenters. The molecule has 0 amide bonds. The van der Waals surface area contributed by atoms with Crippen molar-refractivity contribution in [2.24, 2.45) is 0 Å². The molecule has 0 spiro atoms. The van der Waals surface area contributed by atoms with Crippen LogP contribution in [0.25, 0.3) is 10.1 Å². The zero-order chi connectivity index (χ0) is 25.7. The summed E-state index contributed by atoms with van der Waals surface area (Å²) in [5.74, 6) is 3.38. The maximum Gasteiger partial charge on any atom is 0.309 e. The standard InChI is InChI=1S/C29H37NO5S2/c1-2-3-20-37(31,32)35-25-14-15-26-27(21-25)36-29(22-8-4-5-9-22)28(26)34-24-12-10-23(11-13-24)33-19-18-30-16-6-7-17-30/h10-15,21-22H,2-9,16-20H2,1H3. The lowest BCUT2D eigenvalue weighted by atomic mass is 10.0. The van der Waals surface area contributed by atoms with Crippen molar-refractivity contribution in [1.82, 2.24) is 4.90 Å². The summed E-state index contributed by atoms with van der Waals surface area (Å²) in [6.45, 7) is 5.98. The zero-order valence-corrected chi connectivity index (χ0v) is 23.2. The fourth-order valence-electron chi connectivity index (χ4n) is 5.22. The minimum Gasteiger partial charge on any atom is -0.492 e. The summed E-state index contributed by atoms with van der Waals surface area (Å²) in [6, 6.07) is 13.4. The van der Waals surface area contributed by atoms with Gasteiger partial charge in [0.1, 0.15) is 29.6 Å². The van der Waals surface area contributed by atoms with Crippen LogP contribution in [0.5, 0.6) is 23.0 Å². The molecule has 0 N–H and O–H groups in total. The lowest BCUT2D eigenvalue weighted by molar-refractivity contribution is 0.237. The van der Waals surface area contributed by atoms with Gasteiger partial charge in [-0.3, -0.25) is 4.90 Å². The van der Waals surface area contributed by atoms with E-state index in [0.29, 0.717) is 24.7 Å². The molecule has 1 aliphatic carbocycles. The summed E-state index contributed by atoms with van der Waals surface area (Å²) < 4.78 is 43.5. The van der Waals surface area contributed by atoms with Gasteiger partial charge in [-0.15, -0.1) is 11.3 Å².